The summed E-state index contributed by atoms with van der Waals surface area (Å²) in [6, 6.07) is 0. The number of carbonyl (C=O) groups excluding carboxylic acids is 6. The van der Waals surface area contributed by atoms with Crippen LogP contribution in [0, 0.1) is 21.4 Å². The van der Waals surface area contributed by atoms with Crippen molar-refractivity contribution in [2.24, 2.45) is 0 Å². The highest BCUT2D eigenvalue weighted by Gasteiger charge is 2.34. The van der Waals surface area contributed by atoms with Crippen LogP contribution >= 0.6 is 136 Å². The van der Waals surface area contributed by atoms with Crippen LogP contribution in [0.15, 0.2) is 0 Å². The van der Waals surface area contributed by atoms with E-state index in [0.717, 1.165) is 9.80 Å². The molecule has 0 saturated carbocycles. The van der Waals surface area contributed by atoms with Crippen molar-refractivity contribution in [3.63, 3.8) is 0 Å². The van der Waals surface area contributed by atoms with E-state index in [-0.39, 0.29) is 87.7 Å². The third kappa shape index (κ3) is 13.7. The number of nitrogens with one attached hydrogen (secondary N) is 3. The molecular weight excluding hydrogens is 1450 g/mol. The minimum Gasteiger partial charge on any atom is -0.396 e. The zero-order valence-corrected chi connectivity index (χ0v) is 43.0. The van der Waals surface area contributed by atoms with Crippen molar-refractivity contribution in [1.29, 1.82) is 0 Å². The largest absolute Gasteiger partial charge is 0.396 e. The summed E-state index contributed by atoms with van der Waals surface area (Å²) in [6.45, 7) is -5.28. The van der Waals surface area contributed by atoms with Gasteiger partial charge in [-0.3, -0.25) is 34.0 Å². The van der Waals surface area contributed by atoms with Gasteiger partial charge in [-0.15, -0.1) is 0 Å². The minimum atomic E-state index is -1.49. The van der Waals surface area contributed by atoms with Crippen molar-refractivity contribution in [1.82, 2.24) is 20.2 Å². The molecule has 0 saturated heterocycles. The summed E-state index contributed by atoms with van der Waals surface area (Å²) in [4.78, 5) is 81.8. The van der Waals surface area contributed by atoms with Crippen molar-refractivity contribution in [3.8, 4) is 0 Å². The number of anilines is 2. The number of carbonyl (C=O) groups is 6. The number of amides is 6. The standard InChI is InChI=1S/C32H38I6N6O14/c1-42(30(55)18-22(34)20(32(57)44(58)3-2-5-45)26(38)28(24(18)36)41-16(53)12-49)8-14(51)9-43(4-6-46)31(56)19-21(33)17(29(54)39-7-13(50)10-47)23(35)27(25(19)37)40-15(52)11-48/h13-14,45-51,58H,2-12H2,1H3,(H,39,54)(H,40,52)(H,41,53). The highest BCUT2D eigenvalue weighted by molar-refractivity contribution is 14.1. The molecule has 20 nitrogen and oxygen atoms in total. The molecule has 2 rings (SSSR count). The fraction of sp³-hybridized carbons (Fsp3) is 0.438. The maximum Gasteiger partial charge on any atom is 0.279 e. The van der Waals surface area contributed by atoms with Gasteiger partial charge in [-0.2, -0.15) is 0 Å². The van der Waals surface area contributed by atoms with Crippen molar-refractivity contribution in [2.45, 2.75) is 18.6 Å². The van der Waals surface area contributed by atoms with Crippen molar-refractivity contribution >= 4 is 182 Å². The van der Waals surface area contributed by atoms with Gasteiger partial charge in [0.2, 0.25) is 11.8 Å². The zero-order chi connectivity index (χ0) is 44.2. The Bertz CT molecular complexity index is 1890. The summed E-state index contributed by atoms with van der Waals surface area (Å²) in [5.41, 5.74) is -0.498. The summed E-state index contributed by atoms with van der Waals surface area (Å²) >= 11 is 10.6. The normalized spacial score (nSPS) is 12.1. The molecule has 2 aromatic carbocycles. The second-order valence-electron chi connectivity index (χ2n) is 11.9. The van der Waals surface area contributed by atoms with Gasteiger partial charge in [0.05, 0.1) is 79.9 Å². The predicted octanol–water partition coefficient (Wildman–Crippen LogP) is 0.0402. The smallest absolute Gasteiger partial charge is 0.279 e. The SMILES string of the molecule is CN(CC(O)CN(CCO)C(=O)c1c(I)c(NC(=O)CO)c(I)c(C(=O)NCC(O)CO)c1I)C(=O)c1c(I)c(NC(=O)CO)c(I)c(C(=O)N(O)CCCO)c1I. The number of hydrogen-bond acceptors (Lipinski definition) is 14. The molecule has 2 atom stereocenters. The van der Waals surface area contributed by atoms with Crippen LogP contribution in [-0.2, 0) is 9.59 Å². The van der Waals surface area contributed by atoms with Gasteiger partial charge in [0, 0.05) is 47.0 Å². The highest BCUT2D eigenvalue weighted by Crippen LogP contribution is 2.38. The predicted molar refractivity (Wildman–Crippen MR) is 257 cm³/mol. The van der Waals surface area contributed by atoms with E-state index in [9.17, 15) is 69.7 Å². The fourth-order valence-corrected chi connectivity index (χ4v) is 13.7. The molecule has 2 unspecified atom stereocenters. The number of likely N-dealkylation sites (N-methyl/N-ethyl adjacent to an activating group) is 1. The zero-order valence-electron chi connectivity index (χ0n) is 30.1. The molecule has 0 radical (unpaired) electrons. The molecule has 0 aromatic heterocycles. The Kier molecular flexibility index (Phi) is 23.4. The molecule has 0 fully saturated rings. The maximum absolute atomic E-state index is 14.3. The monoisotopic (exact) mass is 1490 g/mol. The fourth-order valence-electron chi connectivity index (χ4n) is 4.94. The van der Waals surface area contributed by atoms with Gasteiger partial charge in [0.25, 0.3) is 23.6 Å². The third-order valence-electron chi connectivity index (χ3n) is 7.71. The first-order valence-electron chi connectivity index (χ1n) is 16.5. The molecular formula is C32H38I6N6O14. The van der Waals surface area contributed by atoms with Crippen LogP contribution in [0.1, 0.15) is 47.9 Å². The van der Waals surface area contributed by atoms with Crippen LogP contribution in [0.25, 0.3) is 0 Å². The number of aliphatic hydroxyl groups excluding tert-OH is 7. The molecule has 0 spiro atoms. The quantitative estimate of drug-likeness (QED) is 0.0474. The van der Waals surface area contributed by atoms with Gasteiger partial charge in [-0.05, 0) is 142 Å². The van der Waals surface area contributed by atoms with Crippen LogP contribution < -0.4 is 16.0 Å². The number of rotatable bonds is 20. The van der Waals surface area contributed by atoms with E-state index < -0.39 is 87.2 Å². The number of benzene rings is 2. The van der Waals surface area contributed by atoms with E-state index in [1.165, 1.54) is 7.05 Å². The van der Waals surface area contributed by atoms with Gasteiger partial charge in [0.1, 0.15) is 13.2 Å². The van der Waals surface area contributed by atoms with Crippen LogP contribution in [0.4, 0.5) is 11.4 Å². The molecule has 322 valence electrons. The Morgan fingerprint density at radius 1 is 0.603 bits per heavy atom. The van der Waals surface area contributed by atoms with Crippen molar-refractivity contribution < 1.29 is 69.7 Å². The molecule has 2 aromatic rings. The summed E-state index contributed by atoms with van der Waals surface area (Å²) in [5, 5.41) is 86.4. The van der Waals surface area contributed by atoms with Gasteiger partial charge in [-0.25, -0.2) is 5.06 Å². The molecule has 0 bridgehead atoms. The van der Waals surface area contributed by atoms with Crippen LogP contribution in [0.5, 0.6) is 0 Å². The molecule has 0 heterocycles. The number of nitrogens with zero attached hydrogens (tertiary/aromatic N) is 3. The van der Waals surface area contributed by atoms with E-state index in [0.29, 0.717) is 5.06 Å². The van der Waals surface area contributed by atoms with E-state index in [1.807, 2.05) is 0 Å². The molecule has 58 heavy (non-hydrogen) atoms. The Morgan fingerprint density at radius 2 is 1.07 bits per heavy atom. The Labute approximate surface area is 413 Å². The van der Waals surface area contributed by atoms with Gasteiger partial charge in [0.15, 0.2) is 0 Å². The molecule has 0 aliphatic heterocycles. The van der Waals surface area contributed by atoms with Crippen molar-refractivity contribution in [3.05, 3.63) is 43.7 Å². The average molecular weight is 1490 g/mol. The second-order valence-corrected chi connectivity index (χ2v) is 18.4. The van der Waals surface area contributed by atoms with Crippen LogP contribution in [-0.4, -0.2) is 176 Å². The average Bonchev–Trinajstić information content (AvgIpc) is 3.18. The Balaban J connectivity index is 2.60. The molecule has 26 heteroatoms. The number of hydrogen-bond donors (Lipinski definition) is 11. The van der Waals surface area contributed by atoms with E-state index in [2.05, 4.69) is 16.0 Å². The Hall–Kier alpha value is -0.680. The maximum atomic E-state index is 14.3. The molecule has 0 aliphatic rings. The lowest BCUT2D eigenvalue weighted by Crippen LogP contribution is -2.45. The second kappa shape index (κ2) is 25.4. The van der Waals surface area contributed by atoms with Gasteiger partial charge >= 0.3 is 0 Å². The lowest BCUT2D eigenvalue weighted by Gasteiger charge is -2.29. The first-order valence-corrected chi connectivity index (χ1v) is 23.0. The number of aliphatic hydroxyl groups is 7. The van der Waals surface area contributed by atoms with E-state index in [4.69, 9.17) is 0 Å². The van der Waals surface area contributed by atoms with Crippen LogP contribution in [0.3, 0.4) is 0 Å². The third-order valence-corrected chi connectivity index (χ3v) is 14.2. The van der Waals surface area contributed by atoms with Gasteiger partial charge < -0.3 is 61.5 Å². The molecule has 0 aliphatic carbocycles. The first-order chi connectivity index (χ1) is 27.2. The lowest BCUT2D eigenvalue weighted by atomic mass is 10.1. The Morgan fingerprint density at radius 3 is 1.53 bits per heavy atom. The number of hydroxylamine groups is 2. The van der Waals surface area contributed by atoms with Crippen LogP contribution in [0.2, 0.25) is 0 Å². The summed E-state index contributed by atoms with van der Waals surface area (Å²) < 4.78 is 0.781. The lowest BCUT2D eigenvalue weighted by molar-refractivity contribution is -0.119. The highest BCUT2D eigenvalue weighted by atomic mass is 127. The summed E-state index contributed by atoms with van der Waals surface area (Å²) in [5.74, 6) is -5.01. The molecule has 6 amide bonds. The van der Waals surface area contributed by atoms with E-state index >= 15 is 0 Å². The first kappa shape index (κ1) is 53.5. The minimum absolute atomic E-state index is 0.00135. The van der Waals surface area contributed by atoms with Gasteiger partial charge in [-0.1, -0.05) is 0 Å². The topological polar surface area (TPSA) is 310 Å². The van der Waals surface area contributed by atoms with Crippen molar-refractivity contribution in [2.75, 3.05) is 83.4 Å². The number of halogens is 6. The molecule has 11 N–H and O–H groups in total. The summed E-state index contributed by atoms with van der Waals surface area (Å²) in [7, 11) is 1.32. The summed E-state index contributed by atoms with van der Waals surface area (Å²) in [6.07, 6.45) is -2.75. The van der Waals surface area contributed by atoms with E-state index in [1.54, 1.807) is 136 Å².